The lowest BCUT2D eigenvalue weighted by Gasteiger charge is -2.27. The van der Waals surface area contributed by atoms with E-state index in [1.807, 2.05) is 0 Å². The minimum absolute atomic E-state index is 0.648. The summed E-state index contributed by atoms with van der Waals surface area (Å²) < 4.78 is 11.1. The summed E-state index contributed by atoms with van der Waals surface area (Å²) in [6.45, 7) is 17.6. The van der Waals surface area contributed by atoms with E-state index in [4.69, 9.17) is 14.5 Å². The predicted molar refractivity (Wildman–Crippen MR) is 105 cm³/mol. The fraction of sp³-hybridized carbons (Fsp3) is 0.947. The fourth-order valence-electron chi connectivity index (χ4n) is 3.18. The van der Waals surface area contributed by atoms with E-state index in [-0.39, 0.29) is 0 Å². The second-order valence-corrected chi connectivity index (χ2v) is 6.42. The molecule has 148 valence electrons. The van der Waals surface area contributed by atoms with E-state index in [1.54, 1.807) is 0 Å². The van der Waals surface area contributed by atoms with Crippen molar-refractivity contribution < 1.29 is 9.47 Å². The molecule has 1 rings (SSSR count). The molecule has 6 heteroatoms. The van der Waals surface area contributed by atoms with Crippen molar-refractivity contribution in [1.82, 2.24) is 15.1 Å². The average molecular weight is 357 g/mol. The van der Waals surface area contributed by atoms with E-state index in [0.717, 1.165) is 51.7 Å². The maximum absolute atomic E-state index is 5.61. The van der Waals surface area contributed by atoms with Gasteiger partial charge in [-0.05, 0) is 32.9 Å². The molecule has 6 nitrogen and oxygen atoms in total. The number of likely N-dealkylation sites (tertiary alicyclic amines) is 1. The van der Waals surface area contributed by atoms with Crippen molar-refractivity contribution >= 4 is 5.96 Å². The monoisotopic (exact) mass is 356 g/mol. The number of hydrogen-bond acceptors (Lipinski definition) is 4. The molecule has 1 aliphatic heterocycles. The van der Waals surface area contributed by atoms with Crippen molar-refractivity contribution in [3.8, 4) is 0 Å². The van der Waals surface area contributed by atoms with Crippen molar-refractivity contribution in [3.05, 3.63) is 0 Å². The maximum Gasteiger partial charge on any atom is 0.194 e. The Labute approximate surface area is 154 Å². The zero-order valence-corrected chi connectivity index (χ0v) is 16.9. The van der Waals surface area contributed by atoms with Crippen LogP contribution in [0.1, 0.15) is 47.0 Å². The summed E-state index contributed by atoms with van der Waals surface area (Å²) in [6.07, 6.45) is 3.52. The summed E-state index contributed by atoms with van der Waals surface area (Å²) >= 11 is 0. The van der Waals surface area contributed by atoms with Crippen LogP contribution in [0, 0.1) is 0 Å². The van der Waals surface area contributed by atoms with E-state index in [0.29, 0.717) is 32.4 Å². The largest absolute Gasteiger partial charge is 0.379 e. The molecule has 1 N–H and O–H groups in total. The number of unbranched alkanes of at least 4 members (excludes halogenated alkanes) is 1. The number of ether oxygens (including phenoxy) is 2. The van der Waals surface area contributed by atoms with Crippen LogP contribution >= 0.6 is 0 Å². The summed E-state index contributed by atoms with van der Waals surface area (Å²) in [5.41, 5.74) is 0. The van der Waals surface area contributed by atoms with Gasteiger partial charge in [-0.15, -0.1) is 0 Å². The third-order valence-electron chi connectivity index (χ3n) is 4.64. The maximum atomic E-state index is 5.61. The predicted octanol–water partition coefficient (Wildman–Crippen LogP) is 2.20. The van der Waals surface area contributed by atoms with E-state index in [1.165, 1.54) is 12.8 Å². The van der Waals surface area contributed by atoms with Gasteiger partial charge in [0.1, 0.15) is 0 Å². The van der Waals surface area contributed by atoms with E-state index in [9.17, 15) is 0 Å². The van der Waals surface area contributed by atoms with Gasteiger partial charge >= 0.3 is 0 Å². The van der Waals surface area contributed by atoms with E-state index in [2.05, 4.69) is 42.8 Å². The normalized spacial score (nSPS) is 18.4. The molecule has 1 heterocycles. The van der Waals surface area contributed by atoms with Crippen LogP contribution in [-0.4, -0.2) is 87.5 Å². The third kappa shape index (κ3) is 8.88. The highest BCUT2D eigenvalue weighted by Crippen LogP contribution is 2.15. The number of nitrogens with zero attached hydrogens (tertiary/aromatic N) is 3. The van der Waals surface area contributed by atoms with Crippen molar-refractivity contribution in [2.24, 2.45) is 4.99 Å². The Balaban J connectivity index is 2.27. The second-order valence-electron chi connectivity index (χ2n) is 6.42. The molecule has 0 radical (unpaired) electrons. The smallest absolute Gasteiger partial charge is 0.194 e. The van der Waals surface area contributed by atoms with Gasteiger partial charge in [0.25, 0.3) is 0 Å². The van der Waals surface area contributed by atoms with E-state index < -0.39 is 0 Å². The first-order chi connectivity index (χ1) is 12.3. The number of likely N-dealkylation sites (N-methyl/N-ethyl adjacent to an activating group) is 1. The SMILES string of the molecule is CCCCOCCOCCN=C(NCC)N1CCC(N(CC)CC)C1. The molecule has 1 aliphatic rings. The highest BCUT2D eigenvalue weighted by atomic mass is 16.5. The molecule has 0 bridgehead atoms. The molecule has 1 saturated heterocycles. The van der Waals surface area contributed by atoms with E-state index >= 15 is 0 Å². The van der Waals surface area contributed by atoms with Crippen LogP contribution in [0.2, 0.25) is 0 Å². The van der Waals surface area contributed by atoms with Crippen molar-refractivity contribution in [1.29, 1.82) is 0 Å². The van der Waals surface area contributed by atoms with Crippen LogP contribution in [0.25, 0.3) is 0 Å². The number of aliphatic imine (C=N–C) groups is 1. The second kappa shape index (κ2) is 14.3. The van der Waals surface area contributed by atoms with Gasteiger partial charge in [0.05, 0.1) is 26.4 Å². The Bertz CT molecular complexity index is 348. The molecular formula is C19H40N4O2. The number of hydrogen-bond donors (Lipinski definition) is 1. The van der Waals surface area contributed by atoms with Gasteiger partial charge in [0.15, 0.2) is 5.96 Å². The van der Waals surface area contributed by atoms with Gasteiger partial charge in [-0.2, -0.15) is 0 Å². The molecule has 1 fully saturated rings. The quantitative estimate of drug-likeness (QED) is 0.311. The standard InChI is InChI=1S/C19H40N4O2/c1-5-9-13-24-15-16-25-14-11-21-19(20-6-2)23-12-10-18(17-23)22(7-3)8-4/h18H,5-17H2,1-4H3,(H,20,21). The molecular weight excluding hydrogens is 316 g/mol. The van der Waals surface area contributed by atoms with Crippen LogP contribution in [0.4, 0.5) is 0 Å². The zero-order valence-electron chi connectivity index (χ0n) is 16.9. The Morgan fingerprint density at radius 2 is 1.80 bits per heavy atom. The summed E-state index contributed by atoms with van der Waals surface area (Å²) in [5, 5.41) is 3.42. The fourth-order valence-corrected chi connectivity index (χ4v) is 3.18. The van der Waals surface area contributed by atoms with Crippen molar-refractivity contribution in [2.75, 3.05) is 65.7 Å². The molecule has 0 spiro atoms. The summed E-state index contributed by atoms with van der Waals surface area (Å²) in [4.78, 5) is 9.67. The Kier molecular flexibility index (Phi) is 12.7. The van der Waals surface area contributed by atoms with Gasteiger partial charge in [0, 0.05) is 32.3 Å². The number of nitrogens with one attached hydrogen (secondary N) is 1. The van der Waals surface area contributed by atoms with Gasteiger partial charge in [-0.1, -0.05) is 27.2 Å². The lowest BCUT2D eigenvalue weighted by molar-refractivity contribution is 0.0497. The van der Waals surface area contributed by atoms with Crippen LogP contribution in [0.3, 0.4) is 0 Å². The van der Waals surface area contributed by atoms with Crippen molar-refractivity contribution in [2.45, 2.75) is 53.0 Å². The zero-order chi connectivity index (χ0) is 18.3. The summed E-state index contributed by atoms with van der Waals surface area (Å²) in [5.74, 6) is 1.03. The van der Waals surface area contributed by atoms with Crippen LogP contribution in [0.5, 0.6) is 0 Å². The first kappa shape index (κ1) is 22.2. The summed E-state index contributed by atoms with van der Waals surface area (Å²) in [7, 11) is 0. The van der Waals surface area contributed by atoms with Crippen LogP contribution < -0.4 is 5.32 Å². The molecule has 25 heavy (non-hydrogen) atoms. The number of guanidine groups is 1. The number of rotatable bonds is 13. The van der Waals surface area contributed by atoms with Gasteiger partial charge in [-0.3, -0.25) is 9.89 Å². The van der Waals surface area contributed by atoms with Gasteiger partial charge in [-0.25, -0.2) is 0 Å². The van der Waals surface area contributed by atoms with Crippen molar-refractivity contribution in [3.63, 3.8) is 0 Å². The Hall–Kier alpha value is -0.850. The first-order valence-corrected chi connectivity index (χ1v) is 10.2. The Morgan fingerprint density at radius 3 is 2.44 bits per heavy atom. The topological polar surface area (TPSA) is 49.3 Å². The molecule has 0 aromatic heterocycles. The molecule has 1 atom stereocenters. The molecule has 0 aromatic rings. The van der Waals surface area contributed by atoms with Crippen LogP contribution in [0.15, 0.2) is 4.99 Å². The Morgan fingerprint density at radius 1 is 1.08 bits per heavy atom. The van der Waals surface area contributed by atoms with Gasteiger partial charge in [0.2, 0.25) is 0 Å². The van der Waals surface area contributed by atoms with Gasteiger partial charge < -0.3 is 19.7 Å². The lowest BCUT2D eigenvalue weighted by Crippen LogP contribution is -2.43. The molecule has 0 saturated carbocycles. The minimum atomic E-state index is 0.648. The molecule has 0 amide bonds. The highest BCUT2D eigenvalue weighted by Gasteiger charge is 2.27. The molecule has 1 unspecified atom stereocenters. The minimum Gasteiger partial charge on any atom is -0.379 e. The van der Waals surface area contributed by atoms with Crippen LogP contribution in [-0.2, 0) is 9.47 Å². The molecule has 0 aliphatic carbocycles. The molecule has 0 aromatic carbocycles. The first-order valence-electron chi connectivity index (χ1n) is 10.2. The third-order valence-corrected chi connectivity index (χ3v) is 4.64. The summed E-state index contributed by atoms with van der Waals surface area (Å²) in [6, 6.07) is 0.648. The highest BCUT2D eigenvalue weighted by molar-refractivity contribution is 5.80. The average Bonchev–Trinajstić information content (AvgIpc) is 3.10. The lowest BCUT2D eigenvalue weighted by atomic mass is 10.2.